The van der Waals surface area contributed by atoms with E-state index in [4.69, 9.17) is 0 Å². The molecule has 0 aliphatic carbocycles. The molecule has 1 saturated heterocycles. The Labute approximate surface area is 115 Å². The maximum Gasteiger partial charge on any atom is 0.272 e. The molecular weight excluding hydrogens is 296 g/mol. The SMILES string of the molecule is CN1CCC(Cc2cc(Br)ccc2[N+](=O)[O-])CC1. The highest BCUT2D eigenvalue weighted by molar-refractivity contribution is 9.10. The molecule has 1 aliphatic rings. The van der Waals surface area contributed by atoms with Gasteiger partial charge in [0.15, 0.2) is 0 Å². The van der Waals surface area contributed by atoms with Crippen LogP contribution < -0.4 is 0 Å². The average Bonchev–Trinajstić information content (AvgIpc) is 2.32. The van der Waals surface area contributed by atoms with E-state index in [0.717, 1.165) is 42.4 Å². The van der Waals surface area contributed by atoms with Gasteiger partial charge in [-0.1, -0.05) is 15.9 Å². The summed E-state index contributed by atoms with van der Waals surface area (Å²) in [5.74, 6) is 0.564. The standard InChI is InChI=1S/C13H17BrN2O2/c1-15-6-4-10(5-7-15)8-11-9-12(14)2-3-13(11)16(17)18/h2-3,9-10H,4-8H2,1H3. The van der Waals surface area contributed by atoms with Crippen LogP contribution in [0, 0.1) is 16.0 Å². The van der Waals surface area contributed by atoms with E-state index >= 15 is 0 Å². The van der Waals surface area contributed by atoms with E-state index in [2.05, 4.69) is 27.9 Å². The van der Waals surface area contributed by atoms with Crippen molar-refractivity contribution in [1.29, 1.82) is 0 Å². The van der Waals surface area contributed by atoms with E-state index in [1.807, 2.05) is 6.07 Å². The van der Waals surface area contributed by atoms with Crippen molar-refractivity contribution in [3.8, 4) is 0 Å². The zero-order chi connectivity index (χ0) is 13.1. The molecule has 0 radical (unpaired) electrons. The van der Waals surface area contributed by atoms with E-state index in [0.29, 0.717) is 5.92 Å². The van der Waals surface area contributed by atoms with Gasteiger partial charge in [0, 0.05) is 16.1 Å². The van der Waals surface area contributed by atoms with Gasteiger partial charge in [-0.3, -0.25) is 10.1 Å². The normalized spacial score (nSPS) is 17.9. The Morgan fingerprint density at radius 3 is 2.72 bits per heavy atom. The lowest BCUT2D eigenvalue weighted by Gasteiger charge is -2.28. The minimum Gasteiger partial charge on any atom is -0.306 e. The Balaban J connectivity index is 2.12. The Hall–Kier alpha value is -0.940. The molecule has 5 heteroatoms. The number of benzene rings is 1. The smallest absolute Gasteiger partial charge is 0.272 e. The fraction of sp³-hybridized carbons (Fsp3) is 0.538. The summed E-state index contributed by atoms with van der Waals surface area (Å²) in [5, 5.41) is 11.0. The zero-order valence-electron chi connectivity index (χ0n) is 10.4. The molecule has 4 nitrogen and oxygen atoms in total. The number of likely N-dealkylation sites (tertiary alicyclic amines) is 1. The molecule has 2 rings (SSSR count). The third-order valence-corrected chi connectivity index (χ3v) is 4.08. The number of piperidine rings is 1. The van der Waals surface area contributed by atoms with Crippen molar-refractivity contribution in [3.63, 3.8) is 0 Å². The molecule has 1 aromatic rings. The lowest BCUT2D eigenvalue weighted by Crippen LogP contribution is -2.31. The second-order valence-corrected chi connectivity index (χ2v) is 5.90. The second kappa shape index (κ2) is 5.80. The molecule has 0 saturated carbocycles. The van der Waals surface area contributed by atoms with Gasteiger partial charge in [-0.25, -0.2) is 0 Å². The van der Waals surface area contributed by atoms with Crippen LogP contribution in [0.5, 0.6) is 0 Å². The van der Waals surface area contributed by atoms with E-state index in [1.54, 1.807) is 12.1 Å². The Morgan fingerprint density at radius 2 is 2.11 bits per heavy atom. The molecule has 0 N–H and O–H groups in total. The summed E-state index contributed by atoms with van der Waals surface area (Å²) < 4.78 is 0.913. The molecule has 0 atom stereocenters. The van der Waals surface area contributed by atoms with Gasteiger partial charge in [-0.2, -0.15) is 0 Å². The number of hydrogen-bond donors (Lipinski definition) is 0. The van der Waals surface area contributed by atoms with Gasteiger partial charge < -0.3 is 4.90 Å². The minimum atomic E-state index is -0.281. The quantitative estimate of drug-likeness (QED) is 0.636. The maximum absolute atomic E-state index is 11.0. The minimum absolute atomic E-state index is 0.247. The first-order chi connectivity index (χ1) is 8.56. The number of nitrogens with zero attached hydrogens (tertiary/aromatic N) is 2. The van der Waals surface area contributed by atoms with Crippen molar-refractivity contribution >= 4 is 21.6 Å². The van der Waals surface area contributed by atoms with Gasteiger partial charge in [0.25, 0.3) is 5.69 Å². The summed E-state index contributed by atoms with van der Waals surface area (Å²) in [6, 6.07) is 5.21. The Kier molecular flexibility index (Phi) is 4.35. The summed E-state index contributed by atoms with van der Waals surface area (Å²) in [6.07, 6.45) is 3.06. The van der Waals surface area contributed by atoms with Gasteiger partial charge in [0.2, 0.25) is 0 Å². The predicted octanol–water partition coefficient (Wildman–Crippen LogP) is 3.24. The molecule has 1 fully saturated rings. The molecule has 1 aliphatic heterocycles. The number of nitro groups is 1. The molecule has 98 valence electrons. The van der Waals surface area contributed by atoms with Crippen LogP contribution in [0.15, 0.2) is 22.7 Å². The van der Waals surface area contributed by atoms with Gasteiger partial charge in [-0.05, 0) is 57.5 Å². The molecule has 0 bridgehead atoms. The van der Waals surface area contributed by atoms with E-state index in [1.165, 1.54) is 0 Å². The predicted molar refractivity (Wildman–Crippen MR) is 74.7 cm³/mol. The van der Waals surface area contributed by atoms with Crippen molar-refractivity contribution < 1.29 is 4.92 Å². The van der Waals surface area contributed by atoms with Crippen molar-refractivity contribution in [2.24, 2.45) is 5.92 Å². The molecule has 0 unspecified atom stereocenters. The molecule has 1 aromatic carbocycles. The van der Waals surface area contributed by atoms with Crippen molar-refractivity contribution in [3.05, 3.63) is 38.3 Å². The van der Waals surface area contributed by atoms with Gasteiger partial charge in [-0.15, -0.1) is 0 Å². The molecular formula is C13H17BrN2O2. The maximum atomic E-state index is 11.0. The topological polar surface area (TPSA) is 46.4 Å². The van der Waals surface area contributed by atoms with E-state index in [-0.39, 0.29) is 10.6 Å². The molecule has 1 heterocycles. The monoisotopic (exact) mass is 312 g/mol. The number of rotatable bonds is 3. The molecule has 0 amide bonds. The van der Waals surface area contributed by atoms with Crippen LogP contribution in [-0.2, 0) is 6.42 Å². The largest absolute Gasteiger partial charge is 0.306 e. The van der Waals surface area contributed by atoms with E-state index in [9.17, 15) is 10.1 Å². The fourth-order valence-corrected chi connectivity index (χ4v) is 2.88. The summed E-state index contributed by atoms with van der Waals surface area (Å²) in [4.78, 5) is 13.0. The molecule has 0 aromatic heterocycles. The average molecular weight is 313 g/mol. The number of hydrogen-bond acceptors (Lipinski definition) is 3. The van der Waals surface area contributed by atoms with Gasteiger partial charge >= 0.3 is 0 Å². The van der Waals surface area contributed by atoms with Gasteiger partial charge in [0.1, 0.15) is 0 Å². The highest BCUT2D eigenvalue weighted by Crippen LogP contribution is 2.28. The highest BCUT2D eigenvalue weighted by Gasteiger charge is 2.21. The van der Waals surface area contributed by atoms with Crippen LogP contribution in [0.4, 0.5) is 5.69 Å². The van der Waals surface area contributed by atoms with Crippen LogP contribution in [0.2, 0.25) is 0 Å². The van der Waals surface area contributed by atoms with E-state index < -0.39 is 0 Å². The third-order valence-electron chi connectivity index (χ3n) is 3.58. The fourth-order valence-electron chi connectivity index (χ4n) is 2.47. The number of halogens is 1. The Morgan fingerprint density at radius 1 is 1.44 bits per heavy atom. The Bertz CT molecular complexity index is 443. The molecule has 0 spiro atoms. The summed E-state index contributed by atoms with van der Waals surface area (Å²) in [5.41, 5.74) is 1.10. The van der Waals surface area contributed by atoms with Crippen molar-refractivity contribution in [2.45, 2.75) is 19.3 Å². The third kappa shape index (κ3) is 3.29. The zero-order valence-corrected chi connectivity index (χ0v) is 12.0. The summed E-state index contributed by atoms with van der Waals surface area (Å²) >= 11 is 3.39. The summed E-state index contributed by atoms with van der Waals surface area (Å²) in [6.45, 7) is 2.18. The van der Waals surface area contributed by atoms with Gasteiger partial charge in [0.05, 0.1) is 4.92 Å². The first-order valence-corrected chi connectivity index (χ1v) is 6.97. The van der Waals surface area contributed by atoms with Crippen molar-refractivity contribution in [2.75, 3.05) is 20.1 Å². The van der Waals surface area contributed by atoms with Crippen molar-refractivity contribution in [1.82, 2.24) is 4.90 Å². The first-order valence-electron chi connectivity index (χ1n) is 6.17. The van der Waals surface area contributed by atoms with Crippen LogP contribution in [0.3, 0.4) is 0 Å². The number of nitro benzene ring substituents is 1. The van der Waals surface area contributed by atoms with Crippen LogP contribution in [-0.4, -0.2) is 30.0 Å². The molecule has 18 heavy (non-hydrogen) atoms. The lowest BCUT2D eigenvalue weighted by atomic mass is 9.90. The first kappa shape index (κ1) is 13.5. The van der Waals surface area contributed by atoms with Crippen LogP contribution in [0.25, 0.3) is 0 Å². The highest BCUT2D eigenvalue weighted by atomic mass is 79.9. The van der Waals surface area contributed by atoms with Crippen LogP contribution in [0.1, 0.15) is 18.4 Å². The lowest BCUT2D eigenvalue weighted by molar-refractivity contribution is -0.385. The second-order valence-electron chi connectivity index (χ2n) is 4.98. The van der Waals surface area contributed by atoms with Crippen LogP contribution >= 0.6 is 15.9 Å². The summed E-state index contributed by atoms with van der Waals surface area (Å²) in [7, 11) is 2.12.